The number of nitro groups is 1. The summed E-state index contributed by atoms with van der Waals surface area (Å²) in [4.78, 5) is 51.9. The summed E-state index contributed by atoms with van der Waals surface area (Å²) in [7, 11) is 0. The molecule has 1 amide bonds. The molecule has 2 aromatic rings. The lowest BCUT2D eigenvalue weighted by atomic mass is 9.93. The first-order valence-electron chi connectivity index (χ1n) is 8.68. The number of aromatic nitrogens is 2. The van der Waals surface area contributed by atoms with Crippen LogP contribution in [-0.4, -0.2) is 45.2 Å². The van der Waals surface area contributed by atoms with Crippen LogP contribution in [0.15, 0.2) is 27.8 Å². The number of likely N-dealkylation sites (tertiary alicyclic amines) is 1. The Kier molecular flexibility index (Phi) is 4.98. The van der Waals surface area contributed by atoms with Gasteiger partial charge in [0, 0.05) is 31.3 Å². The summed E-state index contributed by atoms with van der Waals surface area (Å²) in [6, 6.07) is 3.34. The number of amides is 1. The second-order valence-corrected chi connectivity index (χ2v) is 6.57. The molecule has 2 unspecified atom stereocenters. The molecule has 3 rings (SSSR count). The maximum atomic E-state index is 12.9. The lowest BCUT2D eigenvalue weighted by molar-refractivity contribution is -0.384. The molecule has 0 saturated carbocycles. The van der Waals surface area contributed by atoms with E-state index < -0.39 is 28.3 Å². The largest absolute Gasteiger partial charge is 0.450 e. The van der Waals surface area contributed by atoms with E-state index in [1.807, 2.05) is 6.92 Å². The number of carbonyl (C=O) groups excluding carboxylic acids is 1. The van der Waals surface area contributed by atoms with E-state index in [-0.39, 0.29) is 29.1 Å². The van der Waals surface area contributed by atoms with Crippen molar-refractivity contribution in [2.75, 3.05) is 19.7 Å². The molecule has 1 aromatic carbocycles. The van der Waals surface area contributed by atoms with Gasteiger partial charge in [-0.2, -0.15) is 0 Å². The maximum Gasteiger partial charge on any atom is 0.409 e. The summed E-state index contributed by atoms with van der Waals surface area (Å²) in [5.41, 5.74) is -1.10. The van der Waals surface area contributed by atoms with E-state index in [0.29, 0.717) is 19.5 Å². The van der Waals surface area contributed by atoms with Crippen molar-refractivity contribution in [1.82, 2.24) is 14.5 Å². The third-order valence-electron chi connectivity index (χ3n) is 4.84. The molecule has 1 saturated heterocycles. The molecule has 2 atom stereocenters. The van der Waals surface area contributed by atoms with E-state index in [9.17, 15) is 24.5 Å². The average molecular weight is 376 g/mol. The fourth-order valence-electron chi connectivity index (χ4n) is 3.53. The minimum absolute atomic E-state index is 0.0869. The van der Waals surface area contributed by atoms with Gasteiger partial charge in [0.05, 0.1) is 22.4 Å². The number of H-pyrrole nitrogens is 1. The summed E-state index contributed by atoms with van der Waals surface area (Å²) >= 11 is 0. The van der Waals surface area contributed by atoms with Gasteiger partial charge in [0.2, 0.25) is 0 Å². The Hall–Kier alpha value is -3.17. The molecular weight excluding hydrogens is 356 g/mol. The number of nitrogens with one attached hydrogen (secondary N) is 1. The van der Waals surface area contributed by atoms with Crippen molar-refractivity contribution in [2.45, 2.75) is 26.3 Å². The van der Waals surface area contributed by atoms with Crippen molar-refractivity contribution >= 4 is 22.7 Å². The fourth-order valence-corrected chi connectivity index (χ4v) is 3.53. The van der Waals surface area contributed by atoms with Gasteiger partial charge >= 0.3 is 11.8 Å². The normalized spacial score (nSPS) is 19.9. The van der Waals surface area contributed by atoms with Crippen molar-refractivity contribution in [3.8, 4) is 0 Å². The summed E-state index contributed by atoms with van der Waals surface area (Å²) < 4.78 is 6.11. The zero-order chi connectivity index (χ0) is 19.7. The molecule has 0 aliphatic carbocycles. The number of fused-ring (bicyclic) bond motifs is 1. The molecule has 1 aliphatic rings. The molecule has 10 nitrogen and oxygen atoms in total. The Balaban J connectivity index is 1.99. The van der Waals surface area contributed by atoms with Crippen LogP contribution in [-0.2, 0) is 4.74 Å². The van der Waals surface area contributed by atoms with Crippen molar-refractivity contribution in [3.63, 3.8) is 0 Å². The van der Waals surface area contributed by atoms with Crippen LogP contribution < -0.4 is 11.2 Å². The summed E-state index contributed by atoms with van der Waals surface area (Å²) in [5.74, 6) is -0.168. The first kappa shape index (κ1) is 18.6. The number of ether oxygens (including phenoxy) is 1. The number of hydrogen-bond acceptors (Lipinski definition) is 6. The number of nitro benzene ring substituents is 1. The van der Waals surface area contributed by atoms with Gasteiger partial charge in [0.1, 0.15) is 0 Å². The highest BCUT2D eigenvalue weighted by Gasteiger charge is 2.32. The number of rotatable bonds is 3. The molecule has 1 N–H and O–H groups in total. The number of benzene rings is 1. The van der Waals surface area contributed by atoms with E-state index in [0.717, 1.165) is 4.57 Å². The summed E-state index contributed by atoms with van der Waals surface area (Å²) in [5, 5.41) is 11.1. The maximum absolute atomic E-state index is 12.9. The first-order chi connectivity index (χ1) is 12.8. The number of nitrogens with zero attached hydrogens (tertiary/aromatic N) is 3. The third-order valence-corrected chi connectivity index (χ3v) is 4.84. The monoisotopic (exact) mass is 376 g/mol. The minimum Gasteiger partial charge on any atom is -0.450 e. The number of non-ortho nitro benzene ring substituents is 1. The van der Waals surface area contributed by atoms with Crippen molar-refractivity contribution < 1.29 is 14.5 Å². The Morgan fingerprint density at radius 2 is 2.15 bits per heavy atom. The lowest BCUT2D eigenvalue weighted by Crippen LogP contribution is -2.48. The van der Waals surface area contributed by atoms with Crippen molar-refractivity contribution in [1.29, 1.82) is 0 Å². The average Bonchev–Trinajstić information content (AvgIpc) is 2.62. The molecule has 1 fully saturated rings. The summed E-state index contributed by atoms with van der Waals surface area (Å²) in [6.07, 6.45) is -0.0122. The predicted octanol–water partition coefficient (Wildman–Crippen LogP) is 1.64. The topological polar surface area (TPSA) is 128 Å². The highest BCUT2D eigenvalue weighted by atomic mass is 16.6. The Labute approximate surface area is 153 Å². The van der Waals surface area contributed by atoms with Gasteiger partial charge in [-0.1, -0.05) is 6.92 Å². The third kappa shape index (κ3) is 3.42. The van der Waals surface area contributed by atoms with Crippen molar-refractivity contribution in [3.05, 3.63) is 49.2 Å². The zero-order valence-corrected chi connectivity index (χ0v) is 15.0. The van der Waals surface area contributed by atoms with E-state index in [1.165, 1.54) is 18.2 Å². The Morgan fingerprint density at radius 1 is 1.41 bits per heavy atom. The van der Waals surface area contributed by atoms with Gasteiger partial charge in [-0.05, 0) is 25.3 Å². The molecule has 0 spiro atoms. The highest BCUT2D eigenvalue weighted by molar-refractivity contribution is 5.79. The quantitative estimate of drug-likeness (QED) is 0.641. The van der Waals surface area contributed by atoms with Gasteiger partial charge in [0.15, 0.2) is 0 Å². The minimum atomic E-state index is -0.589. The van der Waals surface area contributed by atoms with Gasteiger partial charge in [-0.25, -0.2) is 9.59 Å². The van der Waals surface area contributed by atoms with Crippen LogP contribution in [0.3, 0.4) is 0 Å². The van der Waals surface area contributed by atoms with Crippen LogP contribution in [0.5, 0.6) is 0 Å². The molecule has 10 heteroatoms. The molecule has 144 valence electrons. The molecule has 1 aromatic heterocycles. The van der Waals surface area contributed by atoms with Gasteiger partial charge in [0.25, 0.3) is 11.2 Å². The van der Waals surface area contributed by atoms with E-state index in [4.69, 9.17) is 4.74 Å². The molecule has 27 heavy (non-hydrogen) atoms. The smallest absolute Gasteiger partial charge is 0.409 e. The highest BCUT2D eigenvalue weighted by Crippen LogP contribution is 2.27. The first-order valence-corrected chi connectivity index (χ1v) is 8.68. The van der Waals surface area contributed by atoms with Crippen LogP contribution in [0.1, 0.15) is 26.3 Å². The molecule has 0 radical (unpaired) electrons. The number of piperidine rings is 1. The van der Waals surface area contributed by atoms with E-state index in [2.05, 4.69) is 4.98 Å². The SMILES string of the molecule is CCOC(=O)N1CCC(n2c(=O)[nH]c3ccc([N+](=O)[O-])cc3c2=O)C(C)C1. The standard InChI is InChI=1S/C17H20N4O6/c1-3-27-17(24)19-7-6-14(10(2)9-19)20-15(22)12-8-11(21(25)26)4-5-13(12)18-16(20)23/h4-5,8,10,14H,3,6-7,9H2,1-2H3,(H,18,23). The number of hydrogen-bond donors (Lipinski definition) is 1. The van der Waals surface area contributed by atoms with Gasteiger partial charge in [-0.15, -0.1) is 0 Å². The lowest BCUT2D eigenvalue weighted by Gasteiger charge is -2.36. The molecule has 2 heterocycles. The van der Waals surface area contributed by atoms with Gasteiger partial charge in [-0.3, -0.25) is 19.5 Å². The van der Waals surface area contributed by atoms with Crippen LogP contribution in [0.4, 0.5) is 10.5 Å². The predicted molar refractivity (Wildman–Crippen MR) is 96.9 cm³/mol. The molecule has 1 aliphatic heterocycles. The van der Waals surface area contributed by atoms with Crippen LogP contribution in [0.2, 0.25) is 0 Å². The Morgan fingerprint density at radius 3 is 2.78 bits per heavy atom. The van der Waals surface area contributed by atoms with E-state index in [1.54, 1.807) is 11.8 Å². The summed E-state index contributed by atoms with van der Waals surface area (Å²) in [6.45, 7) is 4.55. The van der Waals surface area contributed by atoms with Crippen LogP contribution in [0.25, 0.3) is 10.9 Å². The second-order valence-electron chi connectivity index (χ2n) is 6.57. The van der Waals surface area contributed by atoms with Crippen molar-refractivity contribution in [2.24, 2.45) is 5.92 Å². The van der Waals surface area contributed by atoms with Gasteiger partial charge < -0.3 is 14.6 Å². The fraction of sp³-hybridized carbons (Fsp3) is 0.471. The Bertz CT molecular complexity index is 1010. The zero-order valence-electron chi connectivity index (χ0n) is 15.0. The number of carbonyl (C=O) groups is 1. The molecular formula is C17H20N4O6. The van der Waals surface area contributed by atoms with E-state index >= 15 is 0 Å². The second kappa shape index (κ2) is 7.22. The van der Waals surface area contributed by atoms with Crippen LogP contribution >= 0.6 is 0 Å². The van der Waals surface area contributed by atoms with Crippen LogP contribution in [0, 0.1) is 16.0 Å². The number of aromatic amines is 1. The molecule has 0 bridgehead atoms.